The summed E-state index contributed by atoms with van der Waals surface area (Å²) in [7, 11) is 0. The van der Waals surface area contributed by atoms with Crippen LogP contribution in [0, 0.1) is 13.8 Å². The summed E-state index contributed by atoms with van der Waals surface area (Å²) in [6.07, 6.45) is 6.27. The molecule has 0 bridgehead atoms. The lowest BCUT2D eigenvalue weighted by atomic mass is 9.95. The lowest BCUT2D eigenvalue weighted by Crippen LogP contribution is -2.54. The smallest absolute Gasteiger partial charge is 0.408 e. The van der Waals surface area contributed by atoms with Gasteiger partial charge in [-0.25, -0.2) is 4.79 Å². The maximum atomic E-state index is 14.2. The highest BCUT2D eigenvalue weighted by Crippen LogP contribution is 2.28. The molecule has 216 valence electrons. The van der Waals surface area contributed by atoms with Gasteiger partial charge in [-0.3, -0.25) is 9.59 Å². The SMILES string of the molecule is CCCCCN(C(=O)C(CCSC)NC(=O)OC(C)(C)C)C(C(=O)NC(C)CCC)c1ccc(C)cc1C. The van der Waals surface area contributed by atoms with Crippen LogP contribution in [0.25, 0.3) is 0 Å². The van der Waals surface area contributed by atoms with Crippen LogP contribution in [-0.2, 0) is 14.3 Å². The second-order valence-electron chi connectivity index (χ2n) is 11.2. The van der Waals surface area contributed by atoms with Crippen LogP contribution in [0.3, 0.4) is 0 Å². The van der Waals surface area contributed by atoms with E-state index in [9.17, 15) is 14.4 Å². The van der Waals surface area contributed by atoms with Crippen LogP contribution in [0.1, 0.15) is 103 Å². The zero-order valence-electron chi connectivity index (χ0n) is 25.1. The van der Waals surface area contributed by atoms with Gasteiger partial charge >= 0.3 is 6.09 Å². The molecular weight excluding hydrogens is 498 g/mol. The van der Waals surface area contributed by atoms with E-state index in [4.69, 9.17) is 4.74 Å². The Balaban J connectivity index is 3.54. The molecule has 3 amide bonds. The normalized spacial score (nSPS) is 13.8. The number of nitrogens with zero attached hydrogens (tertiary/aromatic N) is 1. The van der Waals surface area contributed by atoms with Crippen LogP contribution in [0.4, 0.5) is 4.79 Å². The molecule has 7 nitrogen and oxygen atoms in total. The van der Waals surface area contributed by atoms with E-state index < -0.39 is 23.8 Å². The molecule has 1 aromatic rings. The fourth-order valence-electron chi connectivity index (χ4n) is 4.45. The zero-order chi connectivity index (χ0) is 28.9. The van der Waals surface area contributed by atoms with Crippen LogP contribution in [0.5, 0.6) is 0 Å². The maximum Gasteiger partial charge on any atom is 0.408 e. The molecule has 0 spiro atoms. The van der Waals surface area contributed by atoms with E-state index >= 15 is 0 Å². The summed E-state index contributed by atoms with van der Waals surface area (Å²) in [4.78, 5) is 42.5. The molecule has 0 aliphatic rings. The number of unbranched alkanes of at least 4 members (excludes halogenated alkanes) is 2. The summed E-state index contributed by atoms with van der Waals surface area (Å²) in [6.45, 7) is 16.0. The first-order chi connectivity index (χ1) is 17.8. The Morgan fingerprint density at radius 1 is 1.03 bits per heavy atom. The maximum absolute atomic E-state index is 14.2. The quantitative estimate of drug-likeness (QED) is 0.250. The molecule has 0 fully saturated rings. The predicted octanol–water partition coefficient (Wildman–Crippen LogP) is 6.31. The molecule has 3 unspecified atom stereocenters. The number of carbonyl (C=O) groups is 3. The van der Waals surface area contributed by atoms with Crippen molar-refractivity contribution in [1.82, 2.24) is 15.5 Å². The van der Waals surface area contributed by atoms with Crippen molar-refractivity contribution < 1.29 is 19.1 Å². The third-order valence-corrected chi connectivity index (χ3v) is 6.92. The van der Waals surface area contributed by atoms with Crippen LogP contribution >= 0.6 is 11.8 Å². The van der Waals surface area contributed by atoms with Crippen molar-refractivity contribution in [1.29, 1.82) is 0 Å². The van der Waals surface area contributed by atoms with Gasteiger partial charge in [0, 0.05) is 12.6 Å². The van der Waals surface area contributed by atoms with Crippen LogP contribution in [-0.4, -0.2) is 59.0 Å². The first-order valence-corrected chi connectivity index (χ1v) is 15.4. The summed E-state index contributed by atoms with van der Waals surface area (Å²) in [5.74, 6) is 0.232. The van der Waals surface area contributed by atoms with Gasteiger partial charge in [-0.1, -0.05) is 56.9 Å². The summed E-state index contributed by atoms with van der Waals surface area (Å²) >= 11 is 1.61. The highest BCUT2D eigenvalue weighted by atomic mass is 32.2. The van der Waals surface area contributed by atoms with Gasteiger partial charge in [0.15, 0.2) is 0 Å². The standard InChI is InChI=1S/C30H51N3O4S/c1-10-12-13-18-33(28(35)25(17-19-38-9)32-29(36)37-30(6,7)8)26(27(34)31-23(5)14-11-2)24-16-15-21(3)20-22(24)4/h15-16,20,23,25-26H,10-14,17-19H2,1-9H3,(H,31,34)(H,32,36). The van der Waals surface area contributed by atoms with Gasteiger partial charge in [0.25, 0.3) is 0 Å². The molecule has 8 heteroatoms. The van der Waals surface area contributed by atoms with Crippen molar-refractivity contribution in [3.05, 3.63) is 34.9 Å². The van der Waals surface area contributed by atoms with Crippen LogP contribution in [0.2, 0.25) is 0 Å². The Hall–Kier alpha value is -2.22. The first-order valence-electron chi connectivity index (χ1n) is 14.0. The number of hydrogen-bond donors (Lipinski definition) is 2. The third kappa shape index (κ3) is 11.7. The lowest BCUT2D eigenvalue weighted by molar-refractivity contribution is -0.143. The van der Waals surface area contributed by atoms with Gasteiger partial charge in [0.2, 0.25) is 11.8 Å². The van der Waals surface area contributed by atoms with Crippen molar-refractivity contribution >= 4 is 29.7 Å². The molecule has 38 heavy (non-hydrogen) atoms. The highest BCUT2D eigenvalue weighted by Gasteiger charge is 2.36. The van der Waals surface area contributed by atoms with Crippen molar-refractivity contribution in [2.75, 3.05) is 18.6 Å². The van der Waals surface area contributed by atoms with Crippen LogP contribution in [0.15, 0.2) is 18.2 Å². The average Bonchev–Trinajstić information content (AvgIpc) is 2.80. The topological polar surface area (TPSA) is 87.7 Å². The third-order valence-electron chi connectivity index (χ3n) is 6.28. The van der Waals surface area contributed by atoms with E-state index in [1.807, 2.05) is 45.2 Å². The van der Waals surface area contributed by atoms with Crippen molar-refractivity contribution in [3.63, 3.8) is 0 Å². The molecule has 0 saturated carbocycles. The van der Waals surface area contributed by atoms with E-state index in [-0.39, 0.29) is 17.9 Å². The lowest BCUT2D eigenvalue weighted by Gasteiger charge is -2.36. The van der Waals surface area contributed by atoms with E-state index in [1.54, 1.807) is 37.4 Å². The van der Waals surface area contributed by atoms with E-state index in [2.05, 4.69) is 24.5 Å². The van der Waals surface area contributed by atoms with Crippen molar-refractivity contribution in [3.8, 4) is 0 Å². The molecule has 1 rings (SSSR count). The number of amides is 3. The Morgan fingerprint density at radius 3 is 2.26 bits per heavy atom. The average molecular weight is 550 g/mol. The van der Waals surface area contributed by atoms with E-state index in [1.165, 1.54) is 0 Å². The molecule has 1 aromatic carbocycles. The summed E-state index contributed by atoms with van der Waals surface area (Å²) in [5, 5.41) is 5.96. The number of alkyl carbamates (subject to hydrolysis) is 1. The number of carbonyl (C=O) groups excluding carboxylic acids is 3. The van der Waals surface area contributed by atoms with Gasteiger partial charge < -0.3 is 20.3 Å². The predicted molar refractivity (Wildman–Crippen MR) is 159 cm³/mol. The fourth-order valence-corrected chi connectivity index (χ4v) is 4.92. The molecule has 0 aliphatic carbocycles. The Labute approximate surface area is 235 Å². The Kier molecular flexibility index (Phi) is 14.8. The second-order valence-corrected chi connectivity index (χ2v) is 12.2. The van der Waals surface area contributed by atoms with E-state index in [0.717, 1.165) is 48.8 Å². The first kappa shape index (κ1) is 33.8. The summed E-state index contributed by atoms with van der Waals surface area (Å²) < 4.78 is 5.47. The Morgan fingerprint density at radius 2 is 1.71 bits per heavy atom. The molecule has 0 aliphatic heterocycles. The van der Waals surface area contributed by atoms with Crippen molar-refractivity contribution in [2.24, 2.45) is 0 Å². The van der Waals surface area contributed by atoms with Gasteiger partial charge in [-0.15, -0.1) is 0 Å². The largest absolute Gasteiger partial charge is 0.444 e. The Bertz CT molecular complexity index is 900. The highest BCUT2D eigenvalue weighted by molar-refractivity contribution is 7.98. The van der Waals surface area contributed by atoms with Gasteiger partial charge in [0.1, 0.15) is 17.7 Å². The number of thioether (sulfide) groups is 1. The minimum atomic E-state index is -0.798. The number of ether oxygens (including phenoxy) is 1. The number of hydrogen-bond acceptors (Lipinski definition) is 5. The molecule has 0 aromatic heterocycles. The summed E-state index contributed by atoms with van der Waals surface area (Å²) in [6, 6.07) is 4.38. The molecule has 0 radical (unpaired) electrons. The van der Waals surface area contributed by atoms with Gasteiger partial charge in [-0.2, -0.15) is 11.8 Å². The van der Waals surface area contributed by atoms with Gasteiger partial charge in [0.05, 0.1) is 0 Å². The monoisotopic (exact) mass is 549 g/mol. The van der Waals surface area contributed by atoms with Gasteiger partial charge in [-0.05, 0) is 83.9 Å². The fraction of sp³-hybridized carbons (Fsp3) is 0.700. The molecule has 0 heterocycles. The van der Waals surface area contributed by atoms with Crippen molar-refractivity contribution in [2.45, 2.75) is 118 Å². The minimum Gasteiger partial charge on any atom is -0.444 e. The molecular formula is C30H51N3O4S. The summed E-state index contributed by atoms with van der Waals surface area (Å²) in [5.41, 5.74) is 2.18. The zero-order valence-corrected chi connectivity index (χ0v) is 25.9. The minimum absolute atomic E-state index is 0.0134. The molecule has 2 N–H and O–H groups in total. The molecule has 0 saturated heterocycles. The second kappa shape index (κ2) is 16.7. The number of nitrogens with one attached hydrogen (secondary N) is 2. The number of aryl methyl sites for hydroxylation is 2. The van der Waals surface area contributed by atoms with E-state index in [0.29, 0.717) is 18.7 Å². The van der Waals surface area contributed by atoms with Crippen LogP contribution < -0.4 is 10.6 Å². The number of rotatable bonds is 15. The number of benzene rings is 1. The molecule has 3 atom stereocenters.